The van der Waals surface area contributed by atoms with Crippen LogP contribution in [0.4, 0.5) is 0 Å². The first-order valence-electron chi connectivity index (χ1n) is 4.76. The third-order valence-corrected chi connectivity index (χ3v) is 2.58. The Balaban J connectivity index is 2.29. The van der Waals surface area contributed by atoms with Crippen LogP contribution in [0.1, 0.15) is 44.4 Å². The van der Waals surface area contributed by atoms with Gasteiger partial charge in [-0.3, -0.25) is 0 Å². The summed E-state index contributed by atoms with van der Waals surface area (Å²) in [6, 6.07) is 0. The molecular formula is C10H14N2O. The monoisotopic (exact) mass is 178 g/mol. The van der Waals surface area contributed by atoms with Gasteiger partial charge in [0, 0.05) is 12.5 Å². The van der Waals surface area contributed by atoms with Crippen LogP contribution in [-0.2, 0) is 0 Å². The Bertz CT molecular complexity index is 330. The molecule has 1 aliphatic rings. The minimum Gasteiger partial charge on any atom is -0.421 e. The summed E-state index contributed by atoms with van der Waals surface area (Å²) in [5, 5.41) is 7.84. The molecule has 0 aromatic carbocycles. The third kappa shape index (κ3) is 1.64. The quantitative estimate of drug-likeness (QED) is 0.663. The first-order chi connectivity index (χ1) is 6.27. The van der Waals surface area contributed by atoms with E-state index in [1.165, 1.54) is 36.8 Å². The summed E-state index contributed by atoms with van der Waals surface area (Å²) < 4.78 is 5.38. The molecule has 13 heavy (non-hydrogen) atoms. The molecule has 1 saturated carbocycles. The molecule has 0 bridgehead atoms. The lowest BCUT2D eigenvalue weighted by molar-refractivity contribution is 0.505. The van der Waals surface area contributed by atoms with Gasteiger partial charge in [0.05, 0.1) is 0 Å². The van der Waals surface area contributed by atoms with Crippen molar-refractivity contribution < 1.29 is 4.42 Å². The maximum Gasteiger partial charge on any atom is 0.243 e. The van der Waals surface area contributed by atoms with Crippen molar-refractivity contribution in [3.05, 3.63) is 17.4 Å². The Hall–Kier alpha value is -1.12. The summed E-state index contributed by atoms with van der Waals surface area (Å²) in [6.07, 6.45) is 5.01. The minimum absolute atomic E-state index is 0.646. The highest BCUT2D eigenvalue weighted by molar-refractivity contribution is 5.60. The van der Waals surface area contributed by atoms with Gasteiger partial charge in [-0.25, -0.2) is 0 Å². The molecule has 3 heteroatoms. The summed E-state index contributed by atoms with van der Waals surface area (Å²) in [5.74, 6) is 1.35. The van der Waals surface area contributed by atoms with Crippen molar-refractivity contribution in [2.24, 2.45) is 0 Å². The summed E-state index contributed by atoms with van der Waals surface area (Å²) in [6.45, 7) is 3.90. The van der Waals surface area contributed by atoms with E-state index >= 15 is 0 Å². The molecule has 1 aliphatic carbocycles. The molecule has 0 amide bonds. The normalized spacial score (nSPS) is 16.6. The van der Waals surface area contributed by atoms with Crippen molar-refractivity contribution in [2.45, 2.75) is 39.5 Å². The fourth-order valence-corrected chi connectivity index (χ4v) is 1.78. The zero-order valence-electron chi connectivity index (χ0n) is 8.13. The Morgan fingerprint density at radius 2 is 1.92 bits per heavy atom. The van der Waals surface area contributed by atoms with Gasteiger partial charge in [-0.05, 0) is 32.6 Å². The highest BCUT2D eigenvalue weighted by Crippen LogP contribution is 2.30. The van der Waals surface area contributed by atoms with Crippen LogP contribution < -0.4 is 0 Å². The first kappa shape index (κ1) is 8.48. The summed E-state index contributed by atoms with van der Waals surface area (Å²) in [5.41, 5.74) is 2.68. The SMILES string of the molecule is CC(=C1CCCC1)c1nnc(C)o1. The van der Waals surface area contributed by atoms with Crippen molar-refractivity contribution in [3.63, 3.8) is 0 Å². The lowest BCUT2D eigenvalue weighted by atomic mass is 10.1. The zero-order valence-corrected chi connectivity index (χ0v) is 8.13. The second-order valence-electron chi connectivity index (χ2n) is 3.56. The lowest BCUT2D eigenvalue weighted by Gasteiger charge is -1.99. The summed E-state index contributed by atoms with van der Waals surface area (Å²) in [4.78, 5) is 0. The molecule has 1 heterocycles. The molecule has 0 unspecified atom stereocenters. The van der Waals surface area contributed by atoms with Gasteiger partial charge in [-0.1, -0.05) is 5.57 Å². The number of nitrogens with zero attached hydrogens (tertiary/aromatic N) is 2. The molecule has 0 aliphatic heterocycles. The molecule has 70 valence electrons. The summed E-state index contributed by atoms with van der Waals surface area (Å²) >= 11 is 0. The van der Waals surface area contributed by atoms with Crippen LogP contribution in [0.2, 0.25) is 0 Å². The Morgan fingerprint density at radius 3 is 2.46 bits per heavy atom. The van der Waals surface area contributed by atoms with E-state index in [1.807, 2.05) is 6.92 Å². The molecule has 3 nitrogen and oxygen atoms in total. The first-order valence-corrected chi connectivity index (χ1v) is 4.76. The van der Waals surface area contributed by atoms with Crippen LogP contribution in [0, 0.1) is 6.92 Å². The third-order valence-electron chi connectivity index (χ3n) is 2.58. The van der Waals surface area contributed by atoms with Crippen molar-refractivity contribution in [1.29, 1.82) is 0 Å². The Kier molecular flexibility index (Phi) is 2.17. The average molecular weight is 178 g/mol. The smallest absolute Gasteiger partial charge is 0.243 e. The van der Waals surface area contributed by atoms with E-state index in [0.29, 0.717) is 11.8 Å². The van der Waals surface area contributed by atoms with Gasteiger partial charge in [0.1, 0.15) is 0 Å². The van der Waals surface area contributed by atoms with Crippen LogP contribution in [-0.4, -0.2) is 10.2 Å². The van der Waals surface area contributed by atoms with Crippen LogP contribution in [0.3, 0.4) is 0 Å². The molecule has 1 aromatic rings. The van der Waals surface area contributed by atoms with E-state index in [9.17, 15) is 0 Å². The highest BCUT2D eigenvalue weighted by Gasteiger charge is 2.14. The van der Waals surface area contributed by atoms with Gasteiger partial charge in [0.15, 0.2) is 0 Å². The number of rotatable bonds is 1. The van der Waals surface area contributed by atoms with Gasteiger partial charge in [0.2, 0.25) is 11.8 Å². The maximum absolute atomic E-state index is 5.38. The Morgan fingerprint density at radius 1 is 1.23 bits per heavy atom. The molecule has 0 saturated heterocycles. The Labute approximate surface area is 77.9 Å². The largest absolute Gasteiger partial charge is 0.421 e. The minimum atomic E-state index is 0.646. The molecule has 0 N–H and O–H groups in total. The van der Waals surface area contributed by atoms with Crippen LogP contribution >= 0.6 is 0 Å². The van der Waals surface area contributed by atoms with Gasteiger partial charge in [0.25, 0.3) is 0 Å². The standard InChI is InChI=1S/C10H14N2O/c1-7(9-5-3-4-6-9)10-12-11-8(2)13-10/h3-6H2,1-2H3. The van der Waals surface area contributed by atoms with E-state index < -0.39 is 0 Å². The van der Waals surface area contributed by atoms with Crippen LogP contribution in [0.15, 0.2) is 9.99 Å². The predicted molar refractivity (Wildman–Crippen MR) is 50.1 cm³/mol. The lowest BCUT2D eigenvalue weighted by Crippen LogP contribution is -1.84. The van der Waals surface area contributed by atoms with E-state index in [4.69, 9.17) is 4.42 Å². The molecule has 2 rings (SSSR count). The number of aromatic nitrogens is 2. The topological polar surface area (TPSA) is 38.9 Å². The van der Waals surface area contributed by atoms with E-state index in [1.54, 1.807) is 0 Å². The molecule has 1 fully saturated rings. The van der Waals surface area contributed by atoms with E-state index in [-0.39, 0.29) is 0 Å². The molecule has 0 spiro atoms. The summed E-state index contributed by atoms with van der Waals surface area (Å²) in [7, 11) is 0. The van der Waals surface area contributed by atoms with Gasteiger partial charge in [-0.2, -0.15) is 0 Å². The number of hydrogen-bond donors (Lipinski definition) is 0. The zero-order chi connectivity index (χ0) is 9.26. The van der Waals surface area contributed by atoms with Gasteiger partial charge in [-0.15, -0.1) is 10.2 Å². The van der Waals surface area contributed by atoms with Crippen LogP contribution in [0.25, 0.3) is 5.57 Å². The van der Waals surface area contributed by atoms with E-state index in [0.717, 1.165) is 0 Å². The molecular weight excluding hydrogens is 164 g/mol. The average Bonchev–Trinajstić information content (AvgIpc) is 2.72. The second kappa shape index (κ2) is 3.32. The van der Waals surface area contributed by atoms with Crippen molar-refractivity contribution >= 4 is 5.57 Å². The number of aryl methyl sites for hydroxylation is 1. The molecule has 1 aromatic heterocycles. The number of allylic oxidation sites excluding steroid dienone is 2. The van der Waals surface area contributed by atoms with E-state index in [2.05, 4.69) is 17.1 Å². The van der Waals surface area contributed by atoms with Crippen molar-refractivity contribution in [3.8, 4) is 0 Å². The maximum atomic E-state index is 5.38. The van der Waals surface area contributed by atoms with Gasteiger partial charge >= 0.3 is 0 Å². The number of hydrogen-bond acceptors (Lipinski definition) is 3. The fourth-order valence-electron chi connectivity index (χ4n) is 1.78. The molecule has 0 radical (unpaired) electrons. The highest BCUT2D eigenvalue weighted by atomic mass is 16.4. The van der Waals surface area contributed by atoms with Gasteiger partial charge < -0.3 is 4.42 Å². The fraction of sp³-hybridized carbons (Fsp3) is 0.600. The van der Waals surface area contributed by atoms with Crippen molar-refractivity contribution in [2.75, 3.05) is 0 Å². The predicted octanol–water partition coefficient (Wildman–Crippen LogP) is 2.73. The molecule has 0 atom stereocenters. The van der Waals surface area contributed by atoms with Crippen LogP contribution in [0.5, 0.6) is 0 Å². The second-order valence-corrected chi connectivity index (χ2v) is 3.56. The van der Waals surface area contributed by atoms with Crippen molar-refractivity contribution in [1.82, 2.24) is 10.2 Å².